The van der Waals surface area contributed by atoms with Crippen molar-refractivity contribution in [1.29, 1.82) is 0 Å². The van der Waals surface area contributed by atoms with Crippen LogP contribution >= 0.6 is 0 Å². The molecular formula is C26H35N5O4. The zero-order valence-corrected chi connectivity index (χ0v) is 20.9. The van der Waals surface area contributed by atoms with Crippen LogP contribution in [-0.4, -0.2) is 84.1 Å². The summed E-state index contributed by atoms with van der Waals surface area (Å²) >= 11 is 0. The molecule has 1 saturated carbocycles. The van der Waals surface area contributed by atoms with Crippen LogP contribution in [0.4, 0.5) is 5.69 Å². The Balaban J connectivity index is 1.60. The summed E-state index contributed by atoms with van der Waals surface area (Å²) < 4.78 is 12.1. The van der Waals surface area contributed by atoms with Gasteiger partial charge in [0.05, 0.1) is 17.9 Å². The van der Waals surface area contributed by atoms with Crippen LogP contribution in [0.25, 0.3) is 0 Å². The Hall–Kier alpha value is -3.04. The fourth-order valence-corrected chi connectivity index (χ4v) is 4.42. The average Bonchev–Trinajstić information content (AvgIpc) is 3.69. The minimum absolute atomic E-state index is 0.0767. The van der Waals surface area contributed by atoms with E-state index >= 15 is 0 Å². The molecule has 1 fully saturated rings. The van der Waals surface area contributed by atoms with Crippen molar-refractivity contribution >= 4 is 17.5 Å². The summed E-state index contributed by atoms with van der Waals surface area (Å²) in [6.07, 6.45) is 6.86. The Morgan fingerprint density at radius 2 is 2.03 bits per heavy atom. The molecule has 2 heterocycles. The minimum atomic E-state index is -0.379. The minimum Gasteiger partial charge on any atom is -0.491 e. The Labute approximate surface area is 206 Å². The molecule has 35 heavy (non-hydrogen) atoms. The topological polar surface area (TPSA) is 96.9 Å². The van der Waals surface area contributed by atoms with Crippen LogP contribution in [0.5, 0.6) is 5.75 Å². The highest BCUT2D eigenvalue weighted by atomic mass is 16.5. The lowest BCUT2D eigenvalue weighted by Crippen LogP contribution is -2.47. The zero-order valence-electron chi connectivity index (χ0n) is 20.9. The van der Waals surface area contributed by atoms with Gasteiger partial charge in [-0.3, -0.25) is 19.5 Å². The molecule has 3 atom stereocenters. The van der Waals surface area contributed by atoms with E-state index in [1.807, 2.05) is 0 Å². The van der Waals surface area contributed by atoms with Gasteiger partial charge in [0, 0.05) is 64.0 Å². The number of nitrogens with one attached hydrogen (secondary N) is 1. The average molecular weight is 482 g/mol. The summed E-state index contributed by atoms with van der Waals surface area (Å²) in [4.78, 5) is 38.1. The number of amides is 2. The number of anilines is 1. The number of rotatable bonds is 5. The lowest BCUT2D eigenvalue weighted by atomic mass is 10.0. The number of hydrogen-bond acceptors (Lipinski definition) is 7. The summed E-state index contributed by atoms with van der Waals surface area (Å²) in [5.41, 5.74) is 1.18. The molecule has 2 aromatic rings. The second kappa shape index (κ2) is 11.1. The van der Waals surface area contributed by atoms with Crippen molar-refractivity contribution in [2.45, 2.75) is 38.8 Å². The molecule has 1 aliphatic carbocycles. The standard InChI is InChI=1S/C26H35N5O4/c1-17-13-31(14-19-5-6-19)18(2)16-35-23-11-20(29-25(32)22-12-27-9-10-28-22)7-8-21(23)26(33)30(3)15-24(17)34-4/h7-12,17-19,24H,5-6,13-16H2,1-4H3,(H,29,32)/t17-,18+,24-/m0/s1. The van der Waals surface area contributed by atoms with Gasteiger partial charge in [0.25, 0.3) is 11.8 Å². The summed E-state index contributed by atoms with van der Waals surface area (Å²) in [5.74, 6) is 0.922. The molecule has 0 unspecified atom stereocenters. The van der Waals surface area contributed by atoms with Crippen molar-refractivity contribution in [3.63, 3.8) is 0 Å². The smallest absolute Gasteiger partial charge is 0.275 e. The highest BCUT2D eigenvalue weighted by molar-refractivity contribution is 6.03. The molecule has 9 heteroatoms. The first-order valence-corrected chi connectivity index (χ1v) is 12.2. The predicted molar refractivity (Wildman–Crippen MR) is 133 cm³/mol. The van der Waals surface area contributed by atoms with Crippen molar-refractivity contribution in [1.82, 2.24) is 19.8 Å². The van der Waals surface area contributed by atoms with Crippen LogP contribution in [-0.2, 0) is 4.74 Å². The fraction of sp³-hybridized carbons (Fsp3) is 0.538. The van der Waals surface area contributed by atoms with Gasteiger partial charge in [-0.2, -0.15) is 0 Å². The largest absolute Gasteiger partial charge is 0.491 e. The molecule has 9 nitrogen and oxygen atoms in total. The predicted octanol–water partition coefficient (Wildman–Crippen LogP) is 2.94. The summed E-state index contributed by atoms with van der Waals surface area (Å²) in [5, 5.41) is 2.82. The van der Waals surface area contributed by atoms with Crippen LogP contribution in [0.2, 0.25) is 0 Å². The van der Waals surface area contributed by atoms with Gasteiger partial charge in [-0.25, -0.2) is 4.98 Å². The van der Waals surface area contributed by atoms with Crippen molar-refractivity contribution < 1.29 is 19.1 Å². The van der Waals surface area contributed by atoms with Gasteiger partial charge in [-0.15, -0.1) is 0 Å². The van der Waals surface area contributed by atoms with Crippen LogP contribution in [0.3, 0.4) is 0 Å². The maximum Gasteiger partial charge on any atom is 0.275 e. The second-order valence-corrected chi connectivity index (χ2v) is 9.75. The van der Waals surface area contributed by atoms with Crippen LogP contribution < -0.4 is 10.1 Å². The van der Waals surface area contributed by atoms with Gasteiger partial charge in [0.1, 0.15) is 18.1 Å². The third-order valence-corrected chi connectivity index (χ3v) is 6.82. The Kier molecular flexibility index (Phi) is 7.97. The van der Waals surface area contributed by atoms with Crippen molar-refractivity contribution in [3.05, 3.63) is 48.0 Å². The second-order valence-electron chi connectivity index (χ2n) is 9.75. The molecule has 0 spiro atoms. The van der Waals surface area contributed by atoms with E-state index in [0.717, 1.165) is 19.0 Å². The molecule has 1 aromatic carbocycles. The summed E-state index contributed by atoms with van der Waals surface area (Å²) in [7, 11) is 3.49. The van der Waals surface area contributed by atoms with Crippen molar-refractivity contribution in [2.75, 3.05) is 45.7 Å². The van der Waals surface area contributed by atoms with E-state index in [4.69, 9.17) is 9.47 Å². The zero-order chi connectivity index (χ0) is 24.9. The molecule has 0 bridgehead atoms. The summed E-state index contributed by atoms with van der Waals surface area (Å²) in [6, 6.07) is 5.26. The van der Waals surface area contributed by atoms with Gasteiger partial charge in [0.2, 0.25) is 0 Å². The molecule has 2 amide bonds. The monoisotopic (exact) mass is 481 g/mol. The maximum absolute atomic E-state index is 13.3. The van der Waals surface area contributed by atoms with Gasteiger partial charge in [-0.1, -0.05) is 6.92 Å². The fourth-order valence-electron chi connectivity index (χ4n) is 4.42. The first-order valence-electron chi connectivity index (χ1n) is 12.2. The number of aromatic nitrogens is 2. The van der Waals surface area contributed by atoms with E-state index in [9.17, 15) is 9.59 Å². The molecule has 0 saturated heterocycles. The number of benzene rings is 1. The maximum atomic E-state index is 13.3. The SMILES string of the molecule is CO[C@H]1CN(C)C(=O)c2ccc(NC(=O)c3cnccn3)cc2OC[C@@H](C)N(CC2CC2)C[C@@H]1C. The van der Waals surface area contributed by atoms with E-state index in [1.54, 1.807) is 37.3 Å². The van der Waals surface area contributed by atoms with Crippen LogP contribution in [0.15, 0.2) is 36.8 Å². The Morgan fingerprint density at radius 1 is 1.23 bits per heavy atom. The number of carbonyl (C=O) groups excluding carboxylic acids is 2. The number of likely N-dealkylation sites (N-methyl/N-ethyl adjacent to an activating group) is 1. The highest BCUT2D eigenvalue weighted by Gasteiger charge is 2.31. The first-order chi connectivity index (χ1) is 16.9. The van der Waals surface area contributed by atoms with Crippen LogP contribution in [0.1, 0.15) is 47.5 Å². The Morgan fingerprint density at radius 3 is 2.71 bits per heavy atom. The molecule has 1 N–H and O–H groups in total. The van der Waals surface area contributed by atoms with E-state index in [1.165, 1.54) is 31.4 Å². The molecule has 4 rings (SSSR count). The normalized spacial score (nSPS) is 24.1. The van der Waals surface area contributed by atoms with Crippen LogP contribution in [0, 0.1) is 11.8 Å². The van der Waals surface area contributed by atoms with E-state index in [2.05, 4.69) is 34.0 Å². The third-order valence-electron chi connectivity index (χ3n) is 6.82. The van der Waals surface area contributed by atoms with E-state index < -0.39 is 0 Å². The molecule has 0 radical (unpaired) electrons. The van der Waals surface area contributed by atoms with Gasteiger partial charge >= 0.3 is 0 Å². The molecule has 2 aliphatic rings. The van der Waals surface area contributed by atoms with Gasteiger partial charge in [-0.05, 0) is 43.7 Å². The number of hydrogen-bond donors (Lipinski definition) is 1. The van der Waals surface area contributed by atoms with E-state index in [0.29, 0.717) is 30.2 Å². The number of methoxy groups -OCH3 is 1. The van der Waals surface area contributed by atoms with E-state index in [-0.39, 0.29) is 35.6 Å². The lowest BCUT2D eigenvalue weighted by Gasteiger charge is -2.36. The molecule has 188 valence electrons. The molecular weight excluding hydrogens is 446 g/mol. The number of carbonyl (C=O) groups is 2. The molecule has 1 aromatic heterocycles. The highest BCUT2D eigenvalue weighted by Crippen LogP contribution is 2.32. The number of ether oxygens (including phenoxy) is 2. The summed E-state index contributed by atoms with van der Waals surface area (Å²) in [6.45, 7) is 7.18. The van der Waals surface area contributed by atoms with Gasteiger partial charge in [0.15, 0.2) is 0 Å². The molecule has 1 aliphatic heterocycles. The quantitative estimate of drug-likeness (QED) is 0.701. The van der Waals surface area contributed by atoms with Crippen molar-refractivity contribution in [2.24, 2.45) is 11.8 Å². The van der Waals surface area contributed by atoms with Crippen molar-refractivity contribution in [3.8, 4) is 5.75 Å². The van der Waals surface area contributed by atoms with Gasteiger partial charge < -0.3 is 19.7 Å². The lowest BCUT2D eigenvalue weighted by molar-refractivity contribution is 0.00994. The Bertz CT molecular complexity index is 1030. The third kappa shape index (κ3) is 6.35. The number of fused-ring (bicyclic) bond motifs is 1. The first kappa shape index (κ1) is 25.1. The number of nitrogens with zero attached hydrogens (tertiary/aromatic N) is 4.